The van der Waals surface area contributed by atoms with E-state index >= 15 is 0 Å². The van der Waals surface area contributed by atoms with Crippen LogP contribution in [0.5, 0.6) is 0 Å². The van der Waals surface area contributed by atoms with E-state index in [0.29, 0.717) is 11.5 Å². The van der Waals surface area contributed by atoms with E-state index in [0.717, 1.165) is 37.2 Å². The number of hydrogen-bond acceptors (Lipinski definition) is 3. The highest BCUT2D eigenvalue weighted by atomic mass is 16.4. The molecule has 2 aromatic carbocycles. The largest absolute Gasteiger partial charge is 0.478 e. The minimum atomic E-state index is -0.893. The van der Waals surface area contributed by atoms with Crippen LogP contribution in [0.3, 0.4) is 0 Å². The molecule has 1 fully saturated rings. The smallest absolute Gasteiger partial charge is 0.336 e. The predicted molar refractivity (Wildman–Crippen MR) is 115 cm³/mol. The monoisotopic (exact) mass is 386 g/mol. The van der Waals surface area contributed by atoms with Crippen molar-refractivity contribution in [1.82, 2.24) is 9.88 Å². The molecular formula is C25H26N2O2. The molecule has 0 amide bonds. The van der Waals surface area contributed by atoms with Crippen LogP contribution in [0.15, 0.2) is 66.9 Å². The van der Waals surface area contributed by atoms with Gasteiger partial charge in [0.05, 0.1) is 5.56 Å². The third-order valence-electron chi connectivity index (χ3n) is 5.67. The van der Waals surface area contributed by atoms with Gasteiger partial charge >= 0.3 is 5.97 Å². The molecule has 29 heavy (non-hydrogen) atoms. The van der Waals surface area contributed by atoms with Gasteiger partial charge in [0.2, 0.25) is 0 Å². The molecule has 1 aliphatic rings. The second-order valence-corrected chi connectivity index (χ2v) is 7.97. The van der Waals surface area contributed by atoms with Crippen molar-refractivity contribution in [1.29, 1.82) is 0 Å². The molecule has 1 atom stereocenters. The molecule has 1 N–H and O–H groups in total. The molecule has 1 aliphatic heterocycles. The van der Waals surface area contributed by atoms with Crippen molar-refractivity contribution in [3.8, 4) is 11.1 Å². The van der Waals surface area contributed by atoms with Crippen LogP contribution in [0.1, 0.15) is 33.6 Å². The number of nitrogens with zero attached hydrogens (tertiary/aromatic N) is 2. The molecule has 1 unspecified atom stereocenters. The molecule has 0 saturated carbocycles. The van der Waals surface area contributed by atoms with E-state index in [1.807, 2.05) is 30.5 Å². The van der Waals surface area contributed by atoms with Crippen LogP contribution in [0, 0.1) is 12.8 Å². The number of likely N-dealkylation sites (tertiary alicyclic amines) is 1. The van der Waals surface area contributed by atoms with Gasteiger partial charge in [0.1, 0.15) is 0 Å². The van der Waals surface area contributed by atoms with Gasteiger partial charge in [-0.3, -0.25) is 9.88 Å². The van der Waals surface area contributed by atoms with E-state index in [9.17, 15) is 9.90 Å². The number of hydrogen-bond donors (Lipinski definition) is 1. The number of pyridine rings is 1. The summed E-state index contributed by atoms with van der Waals surface area (Å²) < 4.78 is 0. The third-order valence-corrected chi connectivity index (χ3v) is 5.67. The Kier molecular flexibility index (Phi) is 5.72. The van der Waals surface area contributed by atoms with Crippen molar-refractivity contribution >= 4 is 5.97 Å². The van der Waals surface area contributed by atoms with Crippen molar-refractivity contribution in [2.24, 2.45) is 5.92 Å². The van der Waals surface area contributed by atoms with E-state index in [1.165, 1.54) is 23.2 Å². The lowest BCUT2D eigenvalue weighted by molar-refractivity contribution is 0.0697. The fraction of sp³-hybridized carbons (Fsp3) is 0.280. The van der Waals surface area contributed by atoms with Crippen molar-refractivity contribution in [3.63, 3.8) is 0 Å². The molecule has 1 saturated heterocycles. The number of carboxylic acids is 1. The first-order valence-corrected chi connectivity index (χ1v) is 10.1. The van der Waals surface area contributed by atoms with Crippen LogP contribution in [0.25, 0.3) is 11.1 Å². The standard InChI is InChI=1S/C25H26N2O2/c1-18-6-11-22(26-15-18)14-20-12-13-27(17-20)16-19-7-9-21(10-8-19)23-4-2-3-5-24(23)25(28)29/h2-11,15,20H,12-14,16-17H2,1H3,(H,28,29). The topological polar surface area (TPSA) is 53.4 Å². The first-order chi connectivity index (χ1) is 14.1. The number of aromatic nitrogens is 1. The number of carboxylic acid groups (broad SMARTS) is 1. The van der Waals surface area contributed by atoms with Crippen LogP contribution >= 0.6 is 0 Å². The predicted octanol–water partition coefficient (Wildman–Crippen LogP) is 4.82. The summed E-state index contributed by atoms with van der Waals surface area (Å²) in [7, 11) is 0. The summed E-state index contributed by atoms with van der Waals surface area (Å²) in [5, 5.41) is 9.40. The summed E-state index contributed by atoms with van der Waals surface area (Å²) in [6.45, 7) is 5.21. The molecule has 4 nitrogen and oxygen atoms in total. The number of carbonyl (C=O) groups is 1. The Morgan fingerprint density at radius 3 is 2.62 bits per heavy atom. The maximum absolute atomic E-state index is 11.5. The first kappa shape index (κ1) is 19.3. The third kappa shape index (κ3) is 4.72. The SMILES string of the molecule is Cc1ccc(CC2CCN(Cc3ccc(-c4ccccc4C(=O)O)cc3)C2)nc1. The van der Waals surface area contributed by atoms with E-state index in [2.05, 4.69) is 41.1 Å². The average Bonchev–Trinajstić information content (AvgIpc) is 3.17. The molecule has 1 aromatic heterocycles. The van der Waals surface area contributed by atoms with E-state index < -0.39 is 5.97 Å². The van der Waals surface area contributed by atoms with Gasteiger partial charge < -0.3 is 5.11 Å². The highest BCUT2D eigenvalue weighted by Crippen LogP contribution is 2.26. The van der Waals surface area contributed by atoms with Gasteiger partial charge in [0.15, 0.2) is 0 Å². The summed E-state index contributed by atoms with van der Waals surface area (Å²) >= 11 is 0. The van der Waals surface area contributed by atoms with E-state index in [4.69, 9.17) is 0 Å². The quantitative estimate of drug-likeness (QED) is 0.660. The van der Waals surface area contributed by atoms with Gasteiger partial charge in [0, 0.05) is 25.0 Å². The zero-order valence-corrected chi connectivity index (χ0v) is 16.7. The lowest BCUT2D eigenvalue weighted by Gasteiger charge is -2.16. The van der Waals surface area contributed by atoms with Crippen molar-refractivity contribution in [2.75, 3.05) is 13.1 Å². The number of benzene rings is 2. The Hall–Kier alpha value is -2.98. The molecule has 2 heterocycles. The highest BCUT2D eigenvalue weighted by Gasteiger charge is 2.23. The highest BCUT2D eigenvalue weighted by molar-refractivity contribution is 5.95. The maximum Gasteiger partial charge on any atom is 0.336 e. The van der Waals surface area contributed by atoms with Gasteiger partial charge in [-0.2, -0.15) is 0 Å². The Labute approximate surface area is 171 Å². The Bertz CT molecular complexity index is 980. The van der Waals surface area contributed by atoms with Gasteiger partial charge in [-0.1, -0.05) is 48.5 Å². The van der Waals surface area contributed by atoms with Crippen LogP contribution in [-0.2, 0) is 13.0 Å². The zero-order chi connectivity index (χ0) is 20.2. The number of rotatable bonds is 6. The number of aromatic carboxylic acids is 1. The molecule has 3 aromatic rings. The normalized spacial score (nSPS) is 16.8. The van der Waals surface area contributed by atoms with Gasteiger partial charge in [-0.25, -0.2) is 4.79 Å². The van der Waals surface area contributed by atoms with Crippen molar-refractivity contribution in [2.45, 2.75) is 26.3 Å². The molecule has 148 valence electrons. The van der Waals surface area contributed by atoms with Crippen LogP contribution in [0.2, 0.25) is 0 Å². The fourth-order valence-electron chi connectivity index (χ4n) is 4.11. The minimum Gasteiger partial charge on any atom is -0.478 e. The fourth-order valence-corrected chi connectivity index (χ4v) is 4.11. The molecule has 4 rings (SSSR count). The molecule has 0 spiro atoms. The van der Waals surface area contributed by atoms with Crippen LogP contribution in [0.4, 0.5) is 0 Å². The summed E-state index contributed by atoms with van der Waals surface area (Å²) in [6.07, 6.45) is 4.20. The van der Waals surface area contributed by atoms with Crippen molar-refractivity contribution in [3.05, 3.63) is 89.2 Å². The lowest BCUT2D eigenvalue weighted by atomic mass is 9.98. The van der Waals surface area contributed by atoms with Crippen LogP contribution in [-0.4, -0.2) is 34.0 Å². The summed E-state index contributed by atoms with van der Waals surface area (Å²) in [5.74, 6) is -0.234. The zero-order valence-electron chi connectivity index (χ0n) is 16.7. The average molecular weight is 386 g/mol. The van der Waals surface area contributed by atoms with Gasteiger partial charge in [0.25, 0.3) is 0 Å². The lowest BCUT2D eigenvalue weighted by Crippen LogP contribution is -2.20. The van der Waals surface area contributed by atoms with Gasteiger partial charge in [-0.15, -0.1) is 0 Å². The van der Waals surface area contributed by atoms with Crippen LogP contribution < -0.4 is 0 Å². The van der Waals surface area contributed by atoms with E-state index in [1.54, 1.807) is 12.1 Å². The Balaban J connectivity index is 1.37. The molecule has 4 heteroatoms. The molecule has 0 bridgehead atoms. The van der Waals surface area contributed by atoms with E-state index in [-0.39, 0.29) is 0 Å². The Morgan fingerprint density at radius 1 is 1.10 bits per heavy atom. The first-order valence-electron chi connectivity index (χ1n) is 10.1. The van der Waals surface area contributed by atoms with Crippen molar-refractivity contribution < 1.29 is 9.90 Å². The molecule has 0 aliphatic carbocycles. The summed E-state index contributed by atoms with van der Waals surface area (Å²) in [5.41, 5.74) is 5.69. The summed E-state index contributed by atoms with van der Waals surface area (Å²) in [4.78, 5) is 18.5. The second-order valence-electron chi connectivity index (χ2n) is 7.97. The molecular weight excluding hydrogens is 360 g/mol. The molecule has 0 radical (unpaired) electrons. The number of aryl methyl sites for hydroxylation is 1. The minimum absolute atomic E-state index is 0.340. The second kappa shape index (κ2) is 8.58. The summed E-state index contributed by atoms with van der Waals surface area (Å²) in [6, 6.07) is 19.7. The Morgan fingerprint density at radius 2 is 1.90 bits per heavy atom. The van der Waals surface area contributed by atoms with Gasteiger partial charge in [-0.05, 0) is 66.6 Å². The maximum atomic E-state index is 11.5.